The van der Waals surface area contributed by atoms with Crippen molar-refractivity contribution in [3.63, 3.8) is 0 Å². The Hall–Kier alpha value is -0.940. The van der Waals surface area contributed by atoms with Crippen molar-refractivity contribution in [1.29, 1.82) is 0 Å². The standard InChI is InChI=1S/C9H14N4O/c1-13-7(2-11-12-13)9(10)8-5-3-14-4-6(5)8/h2,5-6,8-9H,3-4,10H2,1H3. The van der Waals surface area contributed by atoms with E-state index in [1.165, 1.54) is 0 Å². The highest BCUT2D eigenvalue weighted by molar-refractivity contribution is 5.13. The largest absolute Gasteiger partial charge is 0.381 e. The number of hydrogen-bond acceptors (Lipinski definition) is 4. The number of ether oxygens (including phenoxy) is 1. The number of aromatic nitrogens is 3. The zero-order valence-corrected chi connectivity index (χ0v) is 8.13. The number of nitrogens with two attached hydrogens (primary N) is 1. The summed E-state index contributed by atoms with van der Waals surface area (Å²) < 4.78 is 7.10. The van der Waals surface area contributed by atoms with Crippen LogP contribution in [0.25, 0.3) is 0 Å². The van der Waals surface area contributed by atoms with Gasteiger partial charge in [-0.2, -0.15) is 0 Å². The van der Waals surface area contributed by atoms with Gasteiger partial charge < -0.3 is 10.5 Å². The monoisotopic (exact) mass is 194 g/mol. The lowest BCUT2D eigenvalue weighted by Crippen LogP contribution is -2.20. The average Bonchev–Trinajstić information content (AvgIpc) is 2.57. The van der Waals surface area contributed by atoms with Crippen LogP contribution in [-0.4, -0.2) is 28.2 Å². The van der Waals surface area contributed by atoms with Crippen LogP contribution in [0.2, 0.25) is 0 Å². The molecule has 1 aliphatic heterocycles. The average molecular weight is 194 g/mol. The van der Waals surface area contributed by atoms with Crippen LogP contribution in [0.5, 0.6) is 0 Å². The van der Waals surface area contributed by atoms with Crippen molar-refractivity contribution < 1.29 is 4.74 Å². The molecule has 2 fully saturated rings. The lowest BCUT2D eigenvalue weighted by Gasteiger charge is -2.12. The van der Waals surface area contributed by atoms with Crippen LogP contribution in [0, 0.1) is 17.8 Å². The van der Waals surface area contributed by atoms with Crippen LogP contribution in [-0.2, 0) is 11.8 Å². The molecule has 2 N–H and O–H groups in total. The summed E-state index contributed by atoms with van der Waals surface area (Å²) in [5, 5.41) is 7.75. The van der Waals surface area contributed by atoms with E-state index in [2.05, 4.69) is 10.3 Å². The molecule has 14 heavy (non-hydrogen) atoms. The Morgan fingerprint density at radius 3 is 2.86 bits per heavy atom. The van der Waals surface area contributed by atoms with Gasteiger partial charge in [-0.3, -0.25) is 4.68 Å². The molecule has 0 amide bonds. The van der Waals surface area contributed by atoms with Gasteiger partial charge in [-0.05, 0) is 17.8 Å². The summed E-state index contributed by atoms with van der Waals surface area (Å²) in [5.41, 5.74) is 7.21. The van der Waals surface area contributed by atoms with Gasteiger partial charge in [0.15, 0.2) is 0 Å². The summed E-state index contributed by atoms with van der Waals surface area (Å²) in [5.74, 6) is 1.95. The predicted molar refractivity (Wildman–Crippen MR) is 49.2 cm³/mol. The first-order chi connectivity index (χ1) is 6.79. The van der Waals surface area contributed by atoms with Gasteiger partial charge in [0.2, 0.25) is 0 Å². The SMILES string of the molecule is Cn1nncc1C(N)C1C2COCC21. The molecule has 3 unspecified atom stereocenters. The van der Waals surface area contributed by atoms with Gasteiger partial charge in [-0.15, -0.1) is 5.10 Å². The number of hydrogen-bond donors (Lipinski definition) is 1. The Morgan fingerprint density at radius 2 is 2.29 bits per heavy atom. The highest BCUT2D eigenvalue weighted by Gasteiger charge is 2.57. The maximum absolute atomic E-state index is 6.18. The van der Waals surface area contributed by atoms with E-state index >= 15 is 0 Å². The molecular weight excluding hydrogens is 180 g/mol. The zero-order chi connectivity index (χ0) is 9.71. The Morgan fingerprint density at radius 1 is 1.57 bits per heavy atom. The number of fused-ring (bicyclic) bond motifs is 1. The fourth-order valence-electron chi connectivity index (χ4n) is 2.61. The van der Waals surface area contributed by atoms with Crippen LogP contribution in [0.15, 0.2) is 6.20 Å². The van der Waals surface area contributed by atoms with Gasteiger partial charge in [-0.1, -0.05) is 5.21 Å². The van der Waals surface area contributed by atoms with Crippen molar-refractivity contribution in [1.82, 2.24) is 15.0 Å². The van der Waals surface area contributed by atoms with Gasteiger partial charge >= 0.3 is 0 Å². The van der Waals surface area contributed by atoms with E-state index in [0.717, 1.165) is 18.9 Å². The fraction of sp³-hybridized carbons (Fsp3) is 0.778. The molecule has 5 nitrogen and oxygen atoms in total. The second-order valence-electron chi connectivity index (χ2n) is 4.25. The molecule has 0 spiro atoms. The Bertz CT molecular complexity index is 340. The van der Waals surface area contributed by atoms with E-state index < -0.39 is 0 Å². The molecule has 0 radical (unpaired) electrons. The van der Waals surface area contributed by atoms with Crippen molar-refractivity contribution in [2.24, 2.45) is 30.5 Å². The molecule has 2 aliphatic rings. The third kappa shape index (κ3) is 1.02. The minimum absolute atomic E-state index is 0.0777. The molecule has 1 saturated heterocycles. The summed E-state index contributed by atoms with van der Waals surface area (Å²) in [4.78, 5) is 0. The lowest BCUT2D eigenvalue weighted by atomic mass is 10.1. The van der Waals surface area contributed by atoms with Crippen LogP contribution in [0.1, 0.15) is 11.7 Å². The molecule has 0 bridgehead atoms. The normalized spacial score (nSPS) is 36.9. The van der Waals surface area contributed by atoms with Gasteiger partial charge in [0.1, 0.15) is 0 Å². The first-order valence-electron chi connectivity index (χ1n) is 4.97. The molecule has 1 aromatic heterocycles. The second kappa shape index (κ2) is 2.77. The molecule has 76 valence electrons. The van der Waals surface area contributed by atoms with Crippen molar-refractivity contribution in [3.05, 3.63) is 11.9 Å². The summed E-state index contributed by atoms with van der Waals surface area (Å²) >= 11 is 0. The quantitative estimate of drug-likeness (QED) is 0.702. The minimum Gasteiger partial charge on any atom is -0.381 e. The van der Waals surface area contributed by atoms with Gasteiger partial charge in [0.05, 0.1) is 31.1 Å². The van der Waals surface area contributed by atoms with Crippen molar-refractivity contribution in [2.45, 2.75) is 6.04 Å². The molecule has 3 rings (SSSR count). The summed E-state index contributed by atoms with van der Waals surface area (Å²) in [6, 6.07) is 0.0777. The molecule has 2 heterocycles. The number of nitrogens with zero attached hydrogens (tertiary/aromatic N) is 3. The molecule has 1 aliphatic carbocycles. The van der Waals surface area contributed by atoms with Crippen LogP contribution >= 0.6 is 0 Å². The zero-order valence-electron chi connectivity index (χ0n) is 8.13. The third-order valence-electron chi connectivity index (χ3n) is 3.52. The van der Waals surface area contributed by atoms with Crippen LogP contribution in [0.3, 0.4) is 0 Å². The van der Waals surface area contributed by atoms with Crippen molar-refractivity contribution in [2.75, 3.05) is 13.2 Å². The van der Waals surface area contributed by atoms with E-state index in [4.69, 9.17) is 10.5 Å². The highest BCUT2D eigenvalue weighted by Crippen LogP contribution is 2.55. The van der Waals surface area contributed by atoms with E-state index in [1.807, 2.05) is 7.05 Å². The third-order valence-corrected chi connectivity index (χ3v) is 3.52. The Kier molecular flexibility index (Phi) is 1.66. The molecule has 1 saturated carbocycles. The number of aryl methyl sites for hydroxylation is 1. The summed E-state index contributed by atoms with van der Waals surface area (Å²) in [7, 11) is 1.89. The van der Waals surface area contributed by atoms with Crippen molar-refractivity contribution in [3.8, 4) is 0 Å². The van der Waals surface area contributed by atoms with Crippen LogP contribution in [0.4, 0.5) is 0 Å². The van der Waals surface area contributed by atoms with E-state index in [0.29, 0.717) is 17.8 Å². The van der Waals surface area contributed by atoms with Crippen molar-refractivity contribution >= 4 is 0 Å². The van der Waals surface area contributed by atoms with Gasteiger partial charge in [-0.25, -0.2) is 0 Å². The lowest BCUT2D eigenvalue weighted by molar-refractivity contribution is 0.146. The number of rotatable bonds is 2. The van der Waals surface area contributed by atoms with E-state index in [1.54, 1.807) is 10.9 Å². The first-order valence-corrected chi connectivity index (χ1v) is 4.97. The molecular formula is C9H14N4O. The maximum Gasteiger partial charge on any atom is 0.0754 e. The highest BCUT2D eigenvalue weighted by atomic mass is 16.5. The van der Waals surface area contributed by atoms with E-state index in [-0.39, 0.29) is 6.04 Å². The first kappa shape index (κ1) is 8.38. The van der Waals surface area contributed by atoms with Gasteiger partial charge in [0.25, 0.3) is 0 Å². The maximum atomic E-state index is 6.18. The predicted octanol–water partition coefficient (Wildman–Crippen LogP) is -0.293. The van der Waals surface area contributed by atoms with Crippen LogP contribution < -0.4 is 5.73 Å². The smallest absolute Gasteiger partial charge is 0.0754 e. The molecule has 0 aromatic carbocycles. The van der Waals surface area contributed by atoms with Gasteiger partial charge in [0, 0.05) is 7.05 Å². The topological polar surface area (TPSA) is 66.0 Å². The molecule has 5 heteroatoms. The minimum atomic E-state index is 0.0777. The second-order valence-corrected chi connectivity index (χ2v) is 4.25. The van der Waals surface area contributed by atoms with E-state index in [9.17, 15) is 0 Å². The molecule has 3 atom stereocenters. The Balaban J connectivity index is 1.78. The molecule has 1 aromatic rings. The summed E-state index contributed by atoms with van der Waals surface area (Å²) in [6.07, 6.45) is 1.76. The summed E-state index contributed by atoms with van der Waals surface area (Å²) in [6.45, 7) is 1.77. The Labute approximate surface area is 82.2 Å². The fourth-order valence-corrected chi connectivity index (χ4v) is 2.61.